The van der Waals surface area contributed by atoms with Crippen LogP contribution in [-0.4, -0.2) is 33.8 Å². The number of carbonyl (C=O) groups excluding carboxylic acids is 2. The van der Waals surface area contributed by atoms with Crippen molar-refractivity contribution in [1.82, 2.24) is 10.6 Å². The maximum absolute atomic E-state index is 11.9. The van der Waals surface area contributed by atoms with E-state index in [0.29, 0.717) is 18.5 Å². The summed E-state index contributed by atoms with van der Waals surface area (Å²) in [4.78, 5) is 23.4. The van der Waals surface area contributed by atoms with Crippen molar-refractivity contribution in [3.05, 3.63) is 71.3 Å². The molecule has 8 heteroatoms. The molecule has 2 amide bonds. The van der Waals surface area contributed by atoms with Crippen molar-refractivity contribution in [3.8, 4) is 0 Å². The molecule has 7 nitrogen and oxygen atoms in total. The summed E-state index contributed by atoms with van der Waals surface area (Å²) in [5.41, 5.74) is 2.24. The molecule has 0 aliphatic rings. The molecule has 0 atom stereocenters. The van der Waals surface area contributed by atoms with Gasteiger partial charge in [-0.2, -0.15) is 0 Å². The predicted octanol–water partition coefficient (Wildman–Crippen LogP) is 1.07. The first kappa shape index (κ1) is 20.3. The zero-order chi connectivity index (χ0) is 19.9. The summed E-state index contributed by atoms with van der Waals surface area (Å²) in [6.07, 6.45) is 3.63. The molecule has 0 saturated carbocycles. The third-order valence-corrected chi connectivity index (χ3v) is 4.72. The fourth-order valence-corrected chi connectivity index (χ4v) is 2.81. The Balaban J connectivity index is 1.82. The summed E-state index contributed by atoms with van der Waals surface area (Å²) in [5.74, 6) is -0.410. The van der Waals surface area contributed by atoms with E-state index in [1.807, 2.05) is 0 Å². The average Bonchev–Trinajstić information content (AvgIpc) is 2.66. The number of nitrogens with one attached hydrogen (secondary N) is 2. The van der Waals surface area contributed by atoms with Gasteiger partial charge in [-0.3, -0.25) is 9.59 Å². The number of hydrogen-bond donors (Lipinski definition) is 3. The SMILES string of the molecule is CNC(=O)c1ccc(/C=C/C(=O)NCCc2ccc(S(N)(=O)=O)cc2)cc1. The number of hydrogen-bond acceptors (Lipinski definition) is 4. The summed E-state index contributed by atoms with van der Waals surface area (Å²) in [6.45, 7) is 0.410. The number of amides is 2. The van der Waals surface area contributed by atoms with E-state index in [-0.39, 0.29) is 16.7 Å². The highest BCUT2D eigenvalue weighted by Crippen LogP contribution is 2.09. The van der Waals surface area contributed by atoms with Crippen LogP contribution in [0.1, 0.15) is 21.5 Å². The van der Waals surface area contributed by atoms with Gasteiger partial charge in [0.05, 0.1) is 4.90 Å². The minimum absolute atomic E-state index is 0.0562. The first-order valence-corrected chi connectivity index (χ1v) is 9.74. The Kier molecular flexibility index (Phi) is 6.86. The van der Waals surface area contributed by atoms with Crippen LogP contribution in [0.3, 0.4) is 0 Å². The van der Waals surface area contributed by atoms with Gasteiger partial charge in [-0.05, 0) is 47.9 Å². The van der Waals surface area contributed by atoms with Gasteiger partial charge in [0.25, 0.3) is 5.91 Å². The first-order valence-electron chi connectivity index (χ1n) is 8.19. The van der Waals surface area contributed by atoms with Gasteiger partial charge in [-0.15, -0.1) is 0 Å². The average molecular weight is 387 g/mol. The second kappa shape index (κ2) is 9.11. The maximum atomic E-state index is 11.9. The molecule has 0 fully saturated rings. The number of nitrogens with two attached hydrogens (primary N) is 1. The molecule has 2 aromatic carbocycles. The summed E-state index contributed by atoms with van der Waals surface area (Å²) in [5, 5.41) is 10.3. The van der Waals surface area contributed by atoms with Gasteiger partial charge in [0.1, 0.15) is 0 Å². The topological polar surface area (TPSA) is 118 Å². The molecule has 0 aliphatic carbocycles. The van der Waals surface area contributed by atoms with E-state index in [4.69, 9.17) is 5.14 Å². The Morgan fingerprint density at radius 1 is 1.04 bits per heavy atom. The first-order chi connectivity index (χ1) is 12.8. The van der Waals surface area contributed by atoms with Crippen LogP contribution in [0.2, 0.25) is 0 Å². The molecule has 0 radical (unpaired) electrons. The quantitative estimate of drug-likeness (QED) is 0.616. The molecule has 0 aliphatic heterocycles. The van der Waals surface area contributed by atoms with Crippen LogP contribution in [0.15, 0.2) is 59.5 Å². The smallest absolute Gasteiger partial charge is 0.251 e. The predicted molar refractivity (Wildman–Crippen MR) is 103 cm³/mol. The van der Waals surface area contributed by atoms with E-state index in [0.717, 1.165) is 11.1 Å². The second-order valence-electron chi connectivity index (χ2n) is 5.76. The Morgan fingerprint density at radius 2 is 1.67 bits per heavy atom. The summed E-state index contributed by atoms with van der Waals surface area (Å²) in [6, 6.07) is 13.1. The molecule has 0 aromatic heterocycles. The molecule has 142 valence electrons. The van der Waals surface area contributed by atoms with Crippen LogP contribution in [0.25, 0.3) is 6.08 Å². The molecular formula is C19H21N3O4S. The summed E-state index contributed by atoms with van der Waals surface area (Å²) >= 11 is 0. The third kappa shape index (κ3) is 6.36. The third-order valence-electron chi connectivity index (χ3n) is 3.79. The highest BCUT2D eigenvalue weighted by atomic mass is 32.2. The maximum Gasteiger partial charge on any atom is 0.251 e. The monoisotopic (exact) mass is 387 g/mol. The van der Waals surface area contributed by atoms with E-state index in [2.05, 4.69) is 10.6 Å². The van der Waals surface area contributed by atoms with Gasteiger partial charge in [0.2, 0.25) is 15.9 Å². The highest BCUT2D eigenvalue weighted by molar-refractivity contribution is 7.89. The Morgan fingerprint density at radius 3 is 2.22 bits per heavy atom. The zero-order valence-electron chi connectivity index (χ0n) is 14.8. The molecule has 0 bridgehead atoms. The standard InChI is InChI=1S/C19H21N3O4S/c1-21-19(24)16-7-2-14(3-8-16)6-11-18(23)22-13-12-15-4-9-17(10-5-15)27(20,25)26/h2-11H,12-13H2,1H3,(H,21,24)(H,22,23)(H2,20,25,26)/b11-6+. The van der Waals surface area contributed by atoms with Gasteiger partial charge >= 0.3 is 0 Å². The lowest BCUT2D eigenvalue weighted by atomic mass is 10.1. The van der Waals surface area contributed by atoms with E-state index >= 15 is 0 Å². The largest absolute Gasteiger partial charge is 0.355 e. The zero-order valence-corrected chi connectivity index (χ0v) is 15.6. The minimum Gasteiger partial charge on any atom is -0.355 e. The lowest BCUT2D eigenvalue weighted by Crippen LogP contribution is -2.23. The van der Waals surface area contributed by atoms with Crippen molar-refractivity contribution in [3.63, 3.8) is 0 Å². The number of rotatable bonds is 7. The van der Waals surface area contributed by atoms with Gasteiger partial charge < -0.3 is 10.6 Å². The lowest BCUT2D eigenvalue weighted by Gasteiger charge is -2.04. The normalized spacial score (nSPS) is 11.3. The number of benzene rings is 2. The van der Waals surface area contributed by atoms with E-state index < -0.39 is 10.0 Å². The fourth-order valence-electron chi connectivity index (χ4n) is 2.30. The second-order valence-corrected chi connectivity index (χ2v) is 7.33. The molecule has 0 unspecified atom stereocenters. The summed E-state index contributed by atoms with van der Waals surface area (Å²) in [7, 11) is -2.13. The number of sulfonamides is 1. The van der Waals surface area contributed by atoms with Gasteiger partial charge in [0, 0.05) is 25.2 Å². The van der Waals surface area contributed by atoms with Crippen LogP contribution in [-0.2, 0) is 21.2 Å². The van der Waals surface area contributed by atoms with Crippen LogP contribution >= 0.6 is 0 Å². The number of primary sulfonamides is 1. The van der Waals surface area contributed by atoms with Crippen molar-refractivity contribution < 1.29 is 18.0 Å². The fraction of sp³-hybridized carbons (Fsp3) is 0.158. The van der Waals surface area contributed by atoms with Crippen molar-refractivity contribution in [2.24, 2.45) is 5.14 Å². The lowest BCUT2D eigenvalue weighted by molar-refractivity contribution is -0.116. The molecule has 2 aromatic rings. The highest BCUT2D eigenvalue weighted by Gasteiger charge is 2.06. The molecule has 2 rings (SSSR count). The van der Waals surface area contributed by atoms with Gasteiger partial charge in [-0.1, -0.05) is 24.3 Å². The van der Waals surface area contributed by atoms with Crippen LogP contribution in [0, 0.1) is 0 Å². The molecule has 27 heavy (non-hydrogen) atoms. The Bertz CT molecular complexity index is 934. The molecule has 0 spiro atoms. The van der Waals surface area contributed by atoms with Crippen molar-refractivity contribution >= 4 is 27.9 Å². The van der Waals surface area contributed by atoms with Crippen LogP contribution in [0.4, 0.5) is 0 Å². The van der Waals surface area contributed by atoms with Crippen molar-refractivity contribution in [2.45, 2.75) is 11.3 Å². The molecule has 0 saturated heterocycles. The number of carbonyl (C=O) groups is 2. The Hall–Kier alpha value is -2.97. The van der Waals surface area contributed by atoms with Crippen molar-refractivity contribution in [2.75, 3.05) is 13.6 Å². The minimum atomic E-state index is -3.70. The molecular weight excluding hydrogens is 366 g/mol. The van der Waals surface area contributed by atoms with E-state index in [1.165, 1.54) is 18.2 Å². The summed E-state index contributed by atoms with van der Waals surface area (Å²) < 4.78 is 22.4. The van der Waals surface area contributed by atoms with Crippen molar-refractivity contribution in [1.29, 1.82) is 0 Å². The molecule has 0 heterocycles. The van der Waals surface area contributed by atoms with Gasteiger partial charge in [-0.25, -0.2) is 13.6 Å². The Labute approximate surface area is 158 Å². The molecule has 4 N–H and O–H groups in total. The van der Waals surface area contributed by atoms with Gasteiger partial charge in [0.15, 0.2) is 0 Å². The van der Waals surface area contributed by atoms with E-state index in [1.54, 1.807) is 49.5 Å². The van der Waals surface area contributed by atoms with Crippen LogP contribution < -0.4 is 15.8 Å². The van der Waals surface area contributed by atoms with Crippen LogP contribution in [0.5, 0.6) is 0 Å². The van der Waals surface area contributed by atoms with E-state index in [9.17, 15) is 18.0 Å².